The Kier molecular flexibility index (Phi) is 4.42. The SMILES string of the molecule is CC1CCN(C(=O)c2ccc(F)cc2Cl)CC1CN. The highest BCUT2D eigenvalue weighted by Crippen LogP contribution is 2.25. The first-order chi connectivity index (χ1) is 9.02. The van der Waals surface area contributed by atoms with Gasteiger partial charge in [-0.1, -0.05) is 18.5 Å². The summed E-state index contributed by atoms with van der Waals surface area (Å²) in [7, 11) is 0. The second-order valence-electron chi connectivity index (χ2n) is 5.14. The molecule has 1 heterocycles. The molecule has 5 heteroatoms. The van der Waals surface area contributed by atoms with Crippen molar-refractivity contribution in [1.82, 2.24) is 4.90 Å². The molecule has 1 aliphatic heterocycles. The maximum atomic E-state index is 13.0. The zero-order chi connectivity index (χ0) is 14.0. The van der Waals surface area contributed by atoms with Crippen molar-refractivity contribution < 1.29 is 9.18 Å². The van der Waals surface area contributed by atoms with Crippen molar-refractivity contribution in [3.8, 4) is 0 Å². The van der Waals surface area contributed by atoms with Crippen molar-refractivity contribution in [3.05, 3.63) is 34.6 Å². The maximum absolute atomic E-state index is 13.0. The van der Waals surface area contributed by atoms with E-state index in [1.54, 1.807) is 4.90 Å². The van der Waals surface area contributed by atoms with Crippen LogP contribution in [0.25, 0.3) is 0 Å². The van der Waals surface area contributed by atoms with Gasteiger partial charge in [-0.3, -0.25) is 4.79 Å². The fourth-order valence-corrected chi connectivity index (χ4v) is 2.72. The molecule has 1 fully saturated rings. The summed E-state index contributed by atoms with van der Waals surface area (Å²) >= 11 is 5.93. The Morgan fingerprint density at radius 3 is 2.95 bits per heavy atom. The van der Waals surface area contributed by atoms with Gasteiger partial charge < -0.3 is 10.6 Å². The van der Waals surface area contributed by atoms with Gasteiger partial charge in [0.1, 0.15) is 5.82 Å². The first-order valence-corrected chi connectivity index (χ1v) is 6.85. The molecule has 1 aromatic rings. The van der Waals surface area contributed by atoms with Crippen LogP contribution in [-0.4, -0.2) is 30.4 Å². The number of nitrogens with zero attached hydrogens (tertiary/aromatic N) is 1. The van der Waals surface area contributed by atoms with E-state index in [1.165, 1.54) is 18.2 Å². The molecule has 1 aliphatic rings. The summed E-state index contributed by atoms with van der Waals surface area (Å²) in [5.41, 5.74) is 6.09. The third-order valence-electron chi connectivity index (χ3n) is 3.87. The zero-order valence-corrected chi connectivity index (χ0v) is 11.7. The van der Waals surface area contributed by atoms with Gasteiger partial charge in [0.15, 0.2) is 0 Å². The Hall–Kier alpha value is -1.13. The lowest BCUT2D eigenvalue weighted by Gasteiger charge is -2.36. The average molecular weight is 285 g/mol. The fraction of sp³-hybridized carbons (Fsp3) is 0.500. The first kappa shape index (κ1) is 14.3. The Balaban J connectivity index is 2.15. The van der Waals surface area contributed by atoms with Crippen LogP contribution in [0, 0.1) is 17.7 Å². The standard InChI is InChI=1S/C14H18ClFN2O/c1-9-4-5-18(8-10(9)7-17)14(19)12-3-2-11(16)6-13(12)15/h2-3,6,9-10H,4-5,7-8,17H2,1H3. The molecular weight excluding hydrogens is 267 g/mol. The van der Waals surface area contributed by atoms with Crippen LogP contribution in [0.4, 0.5) is 4.39 Å². The van der Waals surface area contributed by atoms with Crippen LogP contribution in [0.1, 0.15) is 23.7 Å². The van der Waals surface area contributed by atoms with E-state index in [2.05, 4.69) is 6.92 Å². The lowest BCUT2D eigenvalue weighted by atomic mass is 9.87. The second-order valence-corrected chi connectivity index (χ2v) is 5.54. The first-order valence-electron chi connectivity index (χ1n) is 6.47. The molecule has 2 rings (SSSR count). The molecule has 1 amide bonds. The number of hydrogen-bond donors (Lipinski definition) is 1. The summed E-state index contributed by atoms with van der Waals surface area (Å²) in [4.78, 5) is 14.1. The van der Waals surface area contributed by atoms with Crippen LogP contribution in [-0.2, 0) is 0 Å². The minimum absolute atomic E-state index is 0.143. The van der Waals surface area contributed by atoms with Crippen molar-refractivity contribution in [2.75, 3.05) is 19.6 Å². The summed E-state index contributed by atoms with van der Waals surface area (Å²) in [6.45, 7) is 4.07. The normalized spacial score (nSPS) is 23.5. The van der Waals surface area contributed by atoms with Gasteiger partial charge in [0, 0.05) is 13.1 Å². The molecule has 2 N–H and O–H groups in total. The molecule has 2 unspecified atom stereocenters. The average Bonchev–Trinajstić information content (AvgIpc) is 2.38. The van der Waals surface area contributed by atoms with Gasteiger partial charge in [0.2, 0.25) is 0 Å². The van der Waals surface area contributed by atoms with Gasteiger partial charge in [0.25, 0.3) is 5.91 Å². The number of amides is 1. The van der Waals surface area contributed by atoms with Crippen LogP contribution in [0.5, 0.6) is 0 Å². The largest absolute Gasteiger partial charge is 0.338 e. The molecule has 0 spiro atoms. The van der Waals surface area contributed by atoms with Crippen LogP contribution in [0.15, 0.2) is 18.2 Å². The molecule has 1 saturated heterocycles. The van der Waals surface area contributed by atoms with Crippen LogP contribution in [0.3, 0.4) is 0 Å². The molecule has 19 heavy (non-hydrogen) atoms. The fourth-order valence-electron chi connectivity index (χ4n) is 2.47. The Morgan fingerprint density at radius 1 is 1.58 bits per heavy atom. The Morgan fingerprint density at radius 2 is 2.32 bits per heavy atom. The molecule has 104 valence electrons. The van der Waals surface area contributed by atoms with E-state index in [1.807, 2.05) is 0 Å². The number of carbonyl (C=O) groups excluding carboxylic acids is 1. The van der Waals surface area contributed by atoms with Crippen LogP contribution < -0.4 is 5.73 Å². The van der Waals surface area contributed by atoms with E-state index in [0.29, 0.717) is 37.0 Å². The lowest BCUT2D eigenvalue weighted by Crippen LogP contribution is -2.45. The number of benzene rings is 1. The van der Waals surface area contributed by atoms with Gasteiger partial charge in [-0.2, -0.15) is 0 Å². The predicted octanol–water partition coefficient (Wildman–Crippen LogP) is 2.54. The van der Waals surface area contributed by atoms with Crippen LogP contribution >= 0.6 is 11.6 Å². The maximum Gasteiger partial charge on any atom is 0.255 e. The summed E-state index contributed by atoms with van der Waals surface area (Å²) < 4.78 is 13.0. The molecule has 1 aromatic carbocycles. The number of carbonyl (C=O) groups is 1. The van der Waals surface area contributed by atoms with E-state index in [4.69, 9.17) is 17.3 Å². The smallest absolute Gasteiger partial charge is 0.255 e. The van der Waals surface area contributed by atoms with Gasteiger partial charge in [-0.05, 0) is 43.0 Å². The van der Waals surface area contributed by atoms with Crippen molar-refractivity contribution in [1.29, 1.82) is 0 Å². The van der Waals surface area contributed by atoms with Crippen molar-refractivity contribution in [3.63, 3.8) is 0 Å². The molecular formula is C14H18ClFN2O. The van der Waals surface area contributed by atoms with E-state index in [9.17, 15) is 9.18 Å². The Labute approximate surface area is 117 Å². The highest BCUT2D eigenvalue weighted by Gasteiger charge is 2.29. The van der Waals surface area contributed by atoms with Crippen molar-refractivity contribution in [2.24, 2.45) is 17.6 Å². The minimum atomic E-state index is -0.436. The lowest BCUT2D eigenvalue weighted by molar-refractivity contribution is 0.0618. The Bertz CT molecular complexity index is 481. The van der Waals surface area contributed by atoms with Gasteiger partial charge in [-0.25, -0.2) is 4.39 Å². The molecule has 0 aromatic heterocycles. The molecule has 2 atom stereocenters. The summed E-state index contributed by atoms with van der Waals surface area (Å²) in [6.07, 6.45) is 0.937. The third-order valence-corrected chi connectivity index (χ3v) is 4.18. The number of nitrogens with two attached hydrogens (primary N) is 1. The van der Waals surface area contributed by atoms with E-state index < -0.39 is 5.82 Å². The number of piperidine rings is 1. The van der Waals surface area contributed by atoms with E-state index in [-0.39, 0.29) is 10.9 Å². The highest BCUT2D eigenvalue weighted by molar-refractivity contribution is 6.33. The number of rotatable bonds is 2. The molecule has 0 aliphatic carbocycles. The quantitative estimate of drug-likeness (QED) is 0.907. The third kappa shape index (κ3) is 3.07. The molecule has 0 saturated carbocycles. The van der Waals surface area contributed by atoms with Gasteiger partial charge >= 0.3 is 0 Å². The number of likely N-dealkylation sites (tertiary alicyclic amines) is 1. The molecule has 0 radical (unpaired) electrons. The monoisotopic (exact) mass is 284 g/mol. The molecule has 0 bridgehead atoms. The number of halogens is 2. The van der Waals surface area contributed by atoms with Gasteiger partial charge in [0.05, 0.1) is 10.6 Å². The summed E-state index contributed by atoms with van der Waals surface area (Å²) in [5.74, 6) is 0.263. The topological polar surface area (TPSA) is 46.3 Å². The number of hydrogen-bond acceptors (Lipinski definition) is 2. The highest BCUT2D eigenvalue weighted by atomic mass is 35.5. The predicted molar refractivity (Wildman–Crippen MR) is 73.6 cm³/mol. The van der Waals surface area contributed by atoms with Crippen LogP contribution in [0.2, 0.25) is 5.02 Å². The summed E-state index contributed by atoms with van der Waals surface area (Å²) in [6, 6.07) is 3.86. The zero-order valence-electron chi connectivity index (χ0n) is 10.9. The molecule has 3 nitrogen and oxygen atoms in total. The van der Waals surface area contributed by atoms with E-state index >= 15 is 0 Å². The second kappa shape index (κ2) is 5.88. The summed E-state index contributed by atoms with van der Waals surface area (Å²) in [5, 5.41) is 0.160. The van der Waals surface area contributed by atoms with Crippen molar-refractivity contribution >= 4 is 17.5 Å². The van der Waals surface area contributed by atoms with Gasteiger partial charge in [-0.15, -0.1) is 0 Å². The van der Waals surface area contributed by atoms with Crippen molar-refractivity contribution in [2.45, 2.75) is 13.3 Å². The minimum Gasteiger partial charge on any atom is -0.338 e. The van der Waals surface area contributed by atoms with E-state index in [0.717, 1.165) is 6.42 Å².